The first-order valence-electron chi connectivity index (χ1n) is 8.41. The third-order valence-electron chi connectivity index (χ3n) is 5.21. The molecule has 0 aromatic heterocycles. The van der Waals surface area contributed by atoms with Crippen molar-refractivity contribution in [2.24, 2.45) is 11.7 Å². The van der Waals surface area contributed by atoms with E-state index in [-0.39, 0.29) is 23.5 Å². The fourth-order valence-electron chi connectivity index (χ4n) is 4.00. The molecule has 4 heteroatoms. The zero-order valence-corrected chi connectivity index (χ0v) is 14.0. The molecule has 1 aliphatic carbocycles. The fraction of sp³-hybridized carbons (Fsp3) is 0.238. The summed E-state index contributed by atoms with van der Waals surface area (Å²) in [6.07, 6.45) is 1.05. The van der Waals surface area contributed by atoms with Crippen LogP contribution in [0.4, 0.5) is 0 Å². The van der Waals surface area contributed by atoms with Crippen LogP contribution in [0.2, 0.25) is 0 Å². The minimum Gasteiger partial charge on any atom is -0.444 e. The van der Waals surface area contributed by atoms with Crippen LogP contribution in [0, 0.1) is 17.2 Å². The number of fused-ring (bicyclic) bond motifs is 1. The molecule has 25 heavy (non-hydrogen) atoms. The third kappa shape index (κ3) is 2.40. The molecule has 4 rings (SSSR count). The van der Waals surface area contributed by atoms with E-state index in [1.165, 1.54) is 0 Å². The van der Waals surface area contributed by atoms with Crippen LogP contribution in [0.25, 0.3) is 10.8 Å². The summed E-state index contributed by atoms with van der Waals surface area (Å²) >= 11 is 0. The lowest BCUT2D eigenvalue weighted by atomic mass is 9.76. The van der Waals surface area contributed by atoms with Gasteiger partial charge in [-0.15, -0.1) is 0 Å². The number of nitrogens with zero attached hydrogens (tertiary/aromatic N) is 1. The van der Waals surface area contributed by atoms with Crippen molar-refractivity contribution in [3.63, 3.8) is 0 Å². The Morgan fingerprint density at radius 3 is 2.72 bits per heavy atom. The van der Waals surface area contributed by atoms with Crippen molar-refractivity contribution in [1.29, 1.82) is 5.26 Å². The number of hydrogen-bond acceptors (Lipinski definition) is 4. The third-order valence-corrected chi connectivity index (χ3v) is 5.21. The number of carbonyl (C=O) groups excluding carboxylic acids is 1. The number of benzene rings is 2. The highest BCUT2D eigenvalue weighted by atomic mass is 16.5. The molecule has 2 N–H and O–H groups in total. The second kappa shape index (κ2) is 5.78. The molecule has 0 bridgehead atoms. The van der Waals surface area contributed by atoms with Gasteiger partial charge in [-0.1, -0.05) is 49.4 Å². The predicted molar refractivity (Wildman–Crippen MR) is 95.0 cm³/mol. The van der Waals surface area contributed by atoms with Gasteiger partial charge in [0.05, 0.1) is 5.57 Å². The molecule has 1 heterocycles. The van der Waals surface area contributed by atoms with E-state index in [9.17, 15) is 10.1 Å². The van der Waals surface area contributed by atoms with Gasteiger partial charge in [-0.2, -0.15) is 5.26 Å². The van der Waals surface area contributed by atoms with Gasteiger partial charge in [0.2, 0.25) is 5.88 Å². The summed E-state index contributed by atoms with van der Waals surface area (Å²) in [6.45, 7) is 1.85. The largest absolute Gasteiger partial charge is 0.444 e. The smallest absolute Gasteiger partial charge is 0.204 e. The van der Waals surface area contributed by atoms with Crippen molar-refractivity contribution in [3.8, 4) is 6.07 Å². The second-order valence-corrected chi connectivity index (χ2v) is 6.65. The van der Waals surface area contributed by atoms with Crippen LogP contribution in [0.3, 0.4) is 0 Å². The summed E-state index contributed by atoms with van der Waals surface area (Å²) in [5.41, 5.74) is 8.01. The van der Waals surface area contributed by atoms with E-state index in [0.29, 0.717) is 29.7 Å². The van der Waals surface area contributed by atoms with Gasteiger partial charge < -0.3 is 10.5 Å². The summed E-state index contributed by atoms with van der Waals surface area (Å²) in [5, 5.41) is 11.6. The predicted octanol–water partition coefficient (Wildman–Crippen LogP) is 3.90. The molecule has 2 aliphatic rings. The zero-order valence-electron chi connectivity index (χ0n) is 14.0. The summed E-state index contributed by atoms with van der Waals surface area (Å²) in [6, 6.07) is 16.4. The van der Waals surface area contributed by atoms with Crippen LogP contribution in [-0.4, -0.2) is 5.78 Å². The summed E-state index contributed by atoms with van der Waals surface area (Å²) < 4.78 is 5.69. The first kappa shape index (κ1) is 15.5. The summed E-state index contributed by atoms with van der Waals surface area (Å²) in [5.74, 6) is 0.556. The Morgan fingerprint density at radius 1 is 1.16 bits per heavy atom. The zero-order chi connectivity index (χ0) is 17.6. The lowest BCUT2D eigenvalue weighted by molar-refractivity contribution is -0.117. The Kier molecular flexibility index (Phi) is 3.58. The van der Waals surface area contributed by atoms with E-state index in [4.69, 9.17) is 10.5 Å². The quantitative estimate of drug-likeness (QED) is 0.860. The van der Waals surface area contributed by atoms with Crippen molar-refractivity contribution in [2.45, 2.75) is 25.7 Å². The maximum absolute atomic E-state index is 12.8. The molecule has 2 atom stereocenters. The molecule has 0 amide bonds. The molecule has 2 aromatic rings. The highest BCUT2D eigenvalue weighted by Crippen LogP contribution is 2.43. The molecule has 0 spiro atoms. The molecular formula is C21H18N2O2. The number of rotatable bonds is 1. The van der Waals surface area contributed by atoms with Gasteiger partial charge in [-0.3, -0.25) is 4.79 Å². The minimum atomic E-state index is -0.297. The molecule has 0 saturated carbocycles. The summed E-state index contributed by atoms with van der Waals surface area (Å²) in [7, 11) is 0. The molecule has 2 aromatic carbocycles. The maximum atomic E-state index is 12.8. The van der Waals surface area contributed by atoms with Crippen molar-refractivity contribution in [2.75, 3.05) is 0 Å². The average Bonchev–Trinajstić information content (AvgIpc) is 2.60. The monoisotopic (exact) mass is 330 g/mol. The van der Waals surface area contributed by atoms with Crippen LogP contribution in [0.5, 0.6) is 0 Å². The molecular weight excluding hydrogens is 312 g/mol. The minimum absolute atomic E-state index is 0.0481. The normalized spacial score (nSPS) is 23.3. The maximum Gasteiger partial charge on any atom is 0.204 e. The SMILES string of the molecule is C[C@@H]1C(C#N)=C(N)OC2=C1C(=O)C[C@H](c1cccc3ccccc13)C2. The highest BCUT2D eigenvalue weighted by Gasteiger charge is 2.38. The number of Topliss-reactive ketones (excluding diaryl/α,β-unsaturated/α-hetero) is 1. The molecule has 0 fully saturated rings. The number of allylic oxidation sites excluding steroid dienone is 3. The van der Waals surface area contributed by atoms with E-state index in [0.717, 1.165) is 16.3 Å². The number of ether oxygens (including phenoxy) is 1. The average molecular weight is 330 g/mol. The molecule has 4 nitrogen and oxygen atoms in total. The standard InChI is InChI=1S/C21H18N2O2/c1-12-17(11-22)21(23)25-19-10-14(9-18(24)20(12)19)16-8-4-6-13-5-2-3-7-15(13)16/h2-8,12,14H,9-10,23H2,1H3/t12-,14+/m1/s1. The Bertz CT molecular complexity index is 989. The number of ketones is 1. The first-order chi connectivity index (χ1) is 12.1. The van der Waals surface area contributed by atoms with Crippen LogP contribution in [0.15, 0.2) is 65.3 Å². The topological polar surface area (TPSA) is 76.1 Å². The fourth-order valence-corrected chi connectivity index (χ4v) is 4.00. The Labute approximate surface area is 146 Å². The number of carbonyl (C=O) groups is 1. The van der Waals surface area contributed by atoms with Gasteiger partial charge in [0.1, 0.15) is 11.8 Å². The van der Waals surface area contributed by atoms with Crippen molar-refractivity contribution in [3.05, 3.63) is 70.8 Å². The molecule has 0 saturated heterocycles. The van der Waals surface area contributed by atoms with Gasteiger partial charge >= 0.3 is 0 Å². The van der Waals surface area contributed by atoms with E-state index < -0.39 is 0 Å². The van der Waals surface area contributed by atoms with Crippen LogP contribution in [0.1, 0.15) is 31.2 Å². The lowest BCUT2D eigenvalue weighted by Crippen LogP contribution is -2.29. The molecule has 0 unspecified atom stereocenters. The van der Waals surface area contributed by atoms with E-state index in [1.807, 2.05) is 25.1 Å². The Balaban J connectivity index is 1.76. The Hall–Kier alpha value is -3.06. The van der Waals surface area contributed by atoms with E-state index >= 15 is 0 Å². The molecule has 124 valence electrons. The van der Waals surface area contributed by atoms with Gasteiger partial charge in [0, 0.05) is 24.3 Å². The van der Waals surface area contributed by atoms with Crippen LogP contribution in [-0.2, 0) is 9.53 Å². The van der Waals surface area contributed by atoms with Crippen LogP contribution < -0.4 is 5.73 Å². The van der Waals surface area contributed by atoms with Gasteiger partial charge in [0.15, 0.2) is 5.78 Å². The van der Waals surface area contributed by atoms with Crippen molar-refractivity contribution >= 4 is 16.6 Å². The number of nitrogens with two attached hydrogens (primary N) is 1. The van der Waals surface area contributed by atoms with Crippen molar-refractivity contribution in [1.82, 2.24) is 0 Å². The highest BCUT2D eigenvalue weighted by molar-refractivity contribution is 5.99. The molecule has 1 aliphatic heterocycles. The van der Waals surface area contributed by atoms with Gasteiger partial charge in [-0.05, 0) is 22.3 Å². The first-order valence-corrected chi connectivity index (χ1v) is 8.41. The Morgan fingerprint density at radius 2 is 1.92 bits per heavy atom. The number of hydrogen-bond donors (Lipinski definition) is 1. The van der Waals surface area contributed by atoms with Crippen LogP contribution >= 0.6 is 0 Å². The van der Waals surface area contributed by atoms with Gasteiger partial charge in [-0.25, -0.2) is 0 Å². The van der Waals surface area contributed by atoms with Gasteiger partial charge in [0.25, 0.3) is 0 Å². The summed E-state index contributed by atoms with van der Waals surface area (Å²) in [4.78, 5) is 12.8. The van der Waals surface area contributed by atoms with E-state index in [2.05, 4.69) is 30.3 Å². The molecule has 0 radical (unpaired) electrons. The lowest BCUT2D eigenvalue weighted by Gasteiger charge is -2.32. The second-order valence-electron chi connectivity index (χ2n) is 6.65. The van der Waals surface area contributed by atoms with E-state index in [1.54, 1.807) is 0 Å². The van der Waals surface area contributed by atoms with Crippen molar-refractivity contribution < 1.29 is 9.53 Å². The number of nitriles is 1.